The van der Waals surface area contributed by atoms with E-state index < -0.39 is 6.10 Å². The van der Waals surface area contributed by atoms with Crippen molar-refractivity contribution in [2.24, 2.45) is 0 Å². The molecule has 0 radical (unpaired) electrons. The van der Waals surface area contributed by atoms with Gasteiger partial charge in [-0.15, -0.1) is 0 Å². The quantitative estimate of drug-likeness (QED) is 0.101. The largest absolute Gasteiger partial charge is 0.491 e. The van der Waals surface area contributed by atoms with Gasteiger partial charge in [0.2, 0.25) is 0 Å². The van der Waals surface area contributed by atoms with Crippen molar-refractivity contribution in [3.8, 4) is 5.75 Å². The van der Waals surface area contributed by atoms with Gasteiger partial charge >= 0.3 is 5.97 Å². The van der Waals surface area contributed by atoms with Crippen LogP contribution >= 0.6 is 0 Å². The maximum absolute atomic E-state index is 12.1. The highest BCUT2D eigenvalue weighted by Gasteiger charge is 2.24. The molecule has 4 aromatic carbocycles. The molecule has 45 heavy (non-hydrogen) atoms. The van der Waals surface area contributed by atoms with Crippen LogP contribution in [0.4, 0.5) is 0 Å². The lowest BCUT2D eigenvalue weighted by molar-refractivity contribution is -0.154. The number of aryl methyl sites for hydroxylation is 3. The van der Waals surface area contributed by atoms with E-state index in [1.54, 1.807) is 6.92 Å². The Morgan fingerprint density at radius 2 is 1.56 bits per heavy atom. The van der Waals surface area contributed by atoms with E-state index in [0.29, 0.717) is 26.2 Å². The summed E-state index contributed by atoms with van der Waals surface area (Å²) in [5.74, 6) is 0.406. The molecule has 0 aliphatic heterocycles. The second kappa shape index (κ2) is 16.2. The molecular weight excluding hydrogens is 560 g/mol. The van der Waals surface area contributed by atoms with Crippen molar-refractivity contribution in [2.45, 2.75) is 58.2 Å². The zero-order valence-electron chi connectivity index (χ0n) is 26.7. The smallest absolute Gasteiger partial charge is 0.335 e. The Labute approximate surface area is 267 Å². The van der Waals surface area contributed by atoms with E-state index in [4.69, 9.17) is 18.9 Å². The highest BCUT2D eigenvalue weighted by molar-refractivity contribution is 5.78. The summed E-state index contributed by atoms with van der Waals surface area (Å²) in [4.78, 5) is 12.1. The van der Waals surface area contributed by atoms with Crippen LogP contribution in [0.15, 0.2) is 91.0 Å². The van der Waals surface area contributed by atoms with Crippen molar-refractivity contribution in [3.63, 3.8) is 0 Å². The summed E-state index contributed by atoms with van der Waals surface area (Å²) in [7, 11) is 1.52. The second-order valence-electron chi connectivity index (χ2n) is 11.4. The number of hydrogen-bond donors (Lipinski definition) is 0. The van der Waals surface area contributed by atoms with Gasteiger partial charge in [-0.1, -0.05) is 104 Å². The zero-order chi connectivity index (χ0) is 31.4. The minimum absolute atomic E-state index is 0.196. The molecule has 234 valence electrons. The summed E-state index contributed by atoms with van der Waals surface area (Å²) in [6.07, 6.45) is 8.23. The molecular formula is C40H44O5. The van der Waals surface area contributed by atoms with E-state index in [0.717, 1.165) is 37.0 Å². The Hall–Kier alpha value is -4.19. The van der Waals surface area contributed by atoms with E-state index in [2.05, 4.69) is 85.8 Å². The molecule has 5 rings (SSSR count). The number of carbonyl (C=O) groups is 1. The summed E-state index contributed by atoms with van der Waals surface area (Å²) in [5.41, 5.74) is 9.82. The van der Waals surface area contributed by atoms with Gasteiger partial charge in [0.05, 0.1) is 13.2 Å². The molecule has 0 heterocycles. The van der Waals surface area contributed by atoms with Gasteiger partial charge in [0, 0.05) is 13.5 Å². The molecule has 0 amide bonds. The fraction of sp³-hybridized carbons (Fsp3) is 0.325. The molecule has 5 heteroatoms. The fourth-order valence-corrected chi connectivity index (χ4v) is 5.93. The van der Waals surface area contributed by atoms with Crippen molar-refractivity contribution in [3.05, 3.63) is 136 Å². The van der Waals surface area contributed by atoms with E-state index >= 15 is 0 Å². The standard InChI is InChI=1S/C40H44O5/c1-4-10-30-16-20-33-21-24-35-32(19-15-29-11-7-6-8-12-29)13-9-14-36(35)39(37(33)27-30)45-26-25-44-34-22-17-31(18-23-34)28-38(42-3)40(41)43-5-2/h6-9,11-14,16-18,20-24,27,38-39H,4-5,10,15,19,25-26,28H2,1-3H3. The average molecular weight is 605 g/mol. The normalized spacial score (nSPS) is 14.2. The predicted octanol–water partition coefficient (Wildman–Crippen LogP) is 8.21. The molecule has 0 N–H and O–H groups in total. The second-order valence-corrected chi connectivity index (χ2v) is 11.4. The first kappa shape index (κ1) is 32.2. The molecule has 0 fully saturated rings. The van der Waals surface area contributed by atoms with E-state index in [9.17, 15) is 4.79 Å². The first-order valence-corrected chi connectivity index (χ1v) is 16.1. The van der Waals surface area contributed by atoms with Crippen LogP contribution in [-0.2, 0) is 44.7 Å². The number of hydrogen-bond acceptors (Lipinski definition) is 5. The lowest BCUT2D eigenvalue weighted by Crippen LogP contribution is -2.27. The SMILES string of the molecule is CCCc1ccc2c(c1)C(OCCOc1ccc(CC(OC)C(=O)OCC)cc1)c1cccc(CCc3ccccc3)c1C=C2. The summed E-state index contributed by atoms with van der Waals surface area (Å²) >= 11 is 0. The van der Waals surface area contributed by atoms with Crippen molar-refractivity contribution in [1.29, 1.82) is 0 Å². The molecule has 0 aromatic heterocycles. The van der Waals surface area contributed by atoms with Crippen LogP contribution in [0.3, 0.4) is 0 Å². The maximum atomic E-state index is 12.1. The van der Waals surface area contributed by atoms with Gasteiger partial charge in [0.15, 0.2) is 6.10 Å². The van der Waals surface area contributed by atoms with Crippen LogP contribution in [0.1, 0.15) is 70.9 Å². The zero-order valence-corrected chi connectivity index (χ0v) is 26.7. The van der Waals surface area contributed by atoms with Crippen LogP contribution in [0, 0.1) is 0 Å². The van der Waals surface area contributed by atoms with Gasteiger partial charge in [-0.05, 0) is 82.8 Å². The monoisotopic (exact) mass is 604 g/mol. The first-order chi connectivity index (χ1) is 22.1. The van der Waals surface area contributed by atoms with Gasteiger partial charge in [-0.2, -0.15) is 0 Å². The molecule has 1 aliphatic carbocycles. The average Bonchev–Trinajstić information content (AvgIpc) is 3.22. The van der Waals surface area contributed by atoms with Gasteiger partial charge in [0.25, 0.3) is 0 Å². The fourth-order valence-electron chi connectivity index (χ4n) is 5.93. The Morgan fingerprint density at radius 1 is 0.756 bits per heavy atom. The third-order valence-electron chi connectivity index (χ3n) is 8.26. The Bertz CT molecular complexity index is 1560. The van der Waals surface area contributed by atoms with Gasteiger partial charge in [0.1, 0.15) is 18.5 Å². The van der Waals surface area contributed by atoms with Crippen LogP contribution in [0.2, 0.25) is 0 Å². The third kappa shape index (κ3) is 8.50. The van der Waals surface area contributed by atoms with Gasteiger partial charge in [-0.3, -0.25) is 0 Å². The predicted molar refractivity (Wildman–Crippen MR) is 181 cm³/mol. The van der Waals surface area contributed by atoms with Crippen molar-refractivity contribution < 1.29 is 23.7 Å². The number of rotatable bonds is 15. The van der Waals surface area contributed by atoms with Crippen LogP contribution < -0.4 is 4.74 Å². The number of esters is 1. The number of ether oxygens (including phenoxy) is 4. The number of methoxy groups -OCH3 is 1. The lowest BCUT2D eigenvalue weighted by Gasteiger charge is -2.23. The van der Waals surface area contributed by atoms with Crippen molar-refractivity contribution >= 4 is 18.1 Å². The summed E-state index contributed by atoms with van der Waals surface area (Å²) in [6.45, 7) is 5.19. The first-order valence-electron chi connectivity index (χ1n) is 16.1. The molecule has 0 spiro atoms. The molecule has 0 bridgehead atoms. The Morgan fingerprint density at radius 3 is 2.31 bits per heavy atom. The highest BCUT2D eigenvalue weighted by atomic mass is 16.6. The summed E-state index contributed by atoms with van der Waals surface area (Å²) < 4.78 is 23.2. The van der Waals surface area contributed by atoms with E-state index in [1.165, 1.54) is 46.1 Å². The number of benzene rings is 4. The van der Waals surface area contributed by atoms with Crippen molar-refractivity contribution in [2.75, 3.05) is 26.9 Å². The molecule has 0 saturated heterocycles. The van der Waals surface area contributed by atoms with Gasteiger partial charge < -0.3 is 18.9 Å². The highest BCUT2D eigenvalue weighted by Crippen LogP contribution is 2.38. The van der Waals surface area contributed by atoms with Gasteiger partial charge in [-0.25, -0.2) is 4.79 Å². The van der Waals surface area contributed by atoms with E-state index in [-0.39, 0.29) is 12.1 Å². The summed E-state index contributed by atoms with van der Waals surface area (Å²) in [5, 5.41) is 0. The summed E-state index contributed by atoms with van der Waals surface area (Å²) in [6, 6.07) is 31.8. The topological polar surface area (TPSA) is 54.0 Å². The molecule has 5 nitrogen and oxygen atoms in total. The van der Waals surface area contributed by atoms with Crippen LogP contribution in [0.5, 0.6) is 5.75 Å². The molecule has 2 unspecified atom stereocenters. The number of fused-ring (bicyclic) bond motifs is 2. The third-order valence-corrected chi connectivity index (χ3v) is 8.26. The minimum Gasteiger partial charge on any atom is -0.491 e. The van der Waals surface area contributed by atoms with Crippen LogP contribution in [-0.4, -0.2) is 39.0 Å². The maximum Gasteiger partial charge on any atom is 0.335 e. The number of carbonyl (C=O) groups excluding carboxylic acids is 1. The minimum atomic E-state index is -0.623. The molecule has 4 aromatic rings. The Balaban J connectivity index is 1.29. The molecule has 2 atom stereocenters. The molecule has 0 saturated carbocycles. The molecule has 1 aliphatic rings. The van der Waals surface area contributed by atoms with Crippen molar-refractivity contribution in [1.82, 2.24) is 0 Å². The Kier molecular flexibility index (Phi) is 11.6. The van der Waals surface area contributed by atoms with Crippen LogP contribution in [0.25, 0.3) is 12.2 Å². The van der Waals surface area contributed by atoms with E-state index in [1.807, 2.05) is 24.3 Å². The lowest BCUT2D eigenvalue weighted by atomic mass is 9.91.